The Morgan fingerprint density at radius 3 is 2.74 bits per heavy atom. The largest absolute Gasteiger partial charge is 0.405 e. The van der Waals surface area contributed by atoms with Gasteiger partial charge >= 0.3 is 0 Å². The quantitative estimate of drug-likeness (QED) is 0.485. The molecule has 9 heteroatoms. The van der Waals surface area contributed by atoms with Crippen LogP contribution in [0.2, 0.25) is 0 Å². The van der Waals surface area contributed by atoms with Crippen molar-refractivity contribution in [3.63, 3.8) is 0 Å². The van der Waals surface area contributed by atoms with Crippen LogP contribution in [-0.2, 0) is 17.8 Å². The van der Waals surface area contributed by atoms with Crippen molar-refractivity contribution in [2.24, 2.45) is 21.5 Å². The summed E-state index contributed by atoms with van der Waals surface area (Å²) in [5.41, 5.74) is 17.8. The van der Waals surface area contributed by atoms with Gasteiger partial charge in [-0.3, -0.25) is 9.98 Å². The second kappa shape index (κ2) is 11.4. The fraction of sp³-hybridized carbons (Fsp3) is 0.308. The van der Waals surface area contributed by atoms with E-state index in [1.54, 1.807) is 24.6 Å². The lowest BCUT2D eigenvalue weighted by atomic mass is 10.2. The molecule has 4 N–H and O–H groups in total. The number of benzene rings is 1. The van der Waals surface area contributed by atoms with Gasteiger partial charge in [-0.05, 0) is 56.0 Å². The first-order chi connectivity index (χ1) is 17.1. The van der Waals surface area contributed by atoms with Crippen LogP contribution < -0.4 is 16.4 Å². The van der Waals surface area contributed by atoms with Crippen LogP contribution in [0.25, 0.3) is 16.9 Å². The Hall–Kier alpha value is -3.98. The fourth-order valence-electron chi connectivity index (χ4n) is 4.01. The number of pyridine rings is 1. The maximum Gasteiger partial charge on any atom is 0.162 e. The Balaban J connectivity index is 1.75. The van der Waals surface area contributed by atoms with Crippen LogP contribution in [0.1, 0.15) is 24.0 Å². The van der Waals surface area contributed by atoms with Crippen molar-refractivity contribution in [2.75, 3.05) is 31.2 Å². The van der Waals surface area contributed by atoms with Gasteiger partial charge < -0.3 is 25.7 Å². The lowest BCUT2D eigenvalue weighted by Gasteiger charge is -2.29. The smallest absolute Gasteiger partial charge is 0.162 e. The van der Waals surface area contributed by atoms with E-state index < -0.39 is 0 Å². The number of nitrogens with zero attached hydrogens (tertiary/aromatic N) is 6. The number of aromatic nitrogens is 3. The van der Waals surface area contributed by atoms with Crippen molar-refractivity contribution in [3.05, 3.63) is 65.8 Å². The molecule has 0 amide bonds. The molecule has 1 aliphatic heterocycles. The number of morpholine rings is 1. The minimum absolute atomic E-state index is 0.431. The molecule has 0 saturated carbocycles. The van der Waals surface area contributed by atoms with Crippen molar-refractivity contribution in [2.45, 2.75) is 26.9 Å². The van der Waals surface area contributed by atoms with Gasteiger partial charge in [0.15, 0.2) is 5.65 Å². The standard InChI is InChI=1S/C26H32N8O/c1-3-34-24(18-29-10-5-9-27)32-25-23(33-12-14-35-15-13-33)17-22(31-26(25)34)21(28)8-11-30-20-7-4-6-19(2)16-20/h4-11,16-17H,3,12-15,18,27-28H2,1-2H3/b9-5-,21-8-,29-10?,30-11?. The van der Waals surface area contributed by atoms with Crippen LogP contribution >= 0.6 is 0 Å². The van der Waals surface area contributed by atoms with Gasteiger partial charge in [-0.25, -0.2) is 9.97 Å². The summed E-state index contributed by atoms with van der Waals surface area (Å²) in [4.78, 5) is 21.0. The number of anilines is 1. The van der Waals surface area contributed by atoms with Gasteiger partial charge in [-0.2, -0.15) is 0 Å². The zero-order valence-electron chi connectivity index (χ0n) is 20.3. The molecule has 0 aliphatic carbocycles. The van der Waals surface area contributed by atoms with E-state index in [9.17, 15) is 0 Å². The molecule has 0 atom stereocenters. The van der Waals surface area contributed by atoms with Gasteiger partial charge in [0.1, 0.15) is 11.3 Å². The SMILES string of the molecule is CCn1c(CN=C/C=C\N)nc2c(N3CCOCC3)cc(/C(N)=C/C=Nc3cccc(C)c3)nc21. The first-order valence-electron chi connectivity index (χ1n) is 11.8. The molecule has 4 rings (SSSR count). The Morgan fingerprint density at radius 1 is 1.17 bits per heavy atom. The summed E-state index contributed by atoms with van der Waals surface area (Å²) in [6.45, 7) is 8.17. The number of hydrogen-bond acceptors (Lipinski definition) is 8. The van der Waals surface area contributed by atoms with Crippen molar-refractivity contribution < 1.29 is 4.74 Å². The normalized spacial score (nSPS) is 15.4. The molecule has 0 bridgehead atoms. The molecule has 1 aromatic carbocycles. The number of aryl methyl sites for hydroxylation is 2. The molecule has 3 heterocycles. The Morgan fingerprint density at radius 2 is 2.00 bits per heavy atom. The van der Waals surface area contributed by atoms with Gasteiger partial charge in [0.2, 0.25) is 0 Å². The molecule has 2 aromatic heterocycles. The molecular formula is C26H32N8O. The zero-order valence-corrected chi connectivity index (χ0v) is 20.3. The lowest BCUT2D eigenvalue weighted by Crippen LogP contribution is -2.36. The maximum absolute atomic E-state index is 6.48. The van der Waals surface area contributed by atoms with Crippen LogP contribution in [0.4, 0.5) is 11.4 Å². The Labute approximate surface area is 205 Å². The highest BCUT2D eigenvalue weighted by Crippen LogP contribution is 2.29. The van der Waals surface area contributed by atoms with E-state index in [2.05, 4.69) is 26.4 Å². The summed E-state index contributed by atoms with van der Waals surface area (Å²) in [5, 5.41) is 0. The van der Waals surface area contributed by atoms with E-state index in [4.69, 9.17) is 26.2 Å². The van der Waals surface area contributed by atoms with Crippen LogP contribution in [0.15, 0.2) is 58.7 Å². The average Bonchev–Trinajstić information content (AvgIpc) is 3.24. The van der Waals surface area contributed by atoms with E-state index in [-0.39, 0.29) is 0 Å². The molecule has 9 nitrogen and oxygen atoms in total. The van der Waals surface area contributed by atoms with Gasteiger partial charge in [-0.1, -0.05) is 12.1 Å². The average molecular weight is 473 g/mol. The van der Waals surface area contributed by atoms with Crippen molar-refractivity contribution in [1.82, 2.24) is 14.5 Å². The van der Waals surface area contributed by atoms with Crippen LogP contribution in [0.5, 0.6) is 0 Å². The first-order valence-corrected chi connectivity index (χ1v) is 11.8. The molecular weight excluding hydrogens is 440 g/mol. The first kappa shape index (κ1) is 24.2. The van der Waals surface area contributed by atoms with Crippen molar-refractivity contribution >= 4 is 40.7 Å². The molecule has 0 spiro atoms. The van der Waals surface area contributed by atoms with Gasteiger partial charge in [0.05, 0.1) is 42.5 Å². The Kier molecular flexibility index (Phi) is 7.89. The zero-order chi connectivity index (χ0) is 24.6. The van der Waals surface area contributed by atoms with E-state index >= 15 is 0 Å². The number of hydrogen-bond donors (Lipinski definition) is 2. The van der Waals surface area contributed by atoms with Crippen LogP contribution in [0, 0.1) is 6.92 Å². The molecule has 35 heavy (non-hydrogen) atoms. The highest BCUT2D eigenvalue weighted by molar-refractivity contribution is 5.91. The van der Waals surface area contributed by atoms with Crippen molar-refractivity contribution in [1.29, 1.82) is 0 Å². The fourth-order valence-corrected chi connectivity index (χ4v) is 4.01. The van der Waals surface area contributed by atoms with Gasteiger partial charge in [0, 0.05) is 32.1 Å². The molecule has 3 aromatic rings. The second-order valence-electron chi connectivity index (χ2n) is 8.18. The molecule has 0 unspecified atom stereocenters. The maximum atomic E-state index is 6.48. The lowest BCUT2D eigenvalue weighted by molar-refractivity contribution is 0.123. The number of aliphatic imine (C=N–C) groups is 2. The topological polar surface area (TPSA) is 120 Å². The molecule has 1 fully saturated rings. The Bertz CT molecular complexity index is 1280. The number of fused-ring (bicyclic) bond motifs is 1. The number of ether oxygens (including phenoxy) is 1. The predicted octanol–water partition coefficient (Wildman–Crippen LogP) is 3.34. The predicted molar refractivity (Wildman–Crippen MR) is 143 cm³/mol. The number of rotatable bonds is 8. The number of imidazole rings is 1. The van der Waals surface area contributed by atoms with Crippen molar-refractivity contribution in [3.8, 4) is 0 Å². The van der Waals surface area contributed by atoms with Gasteiger partial charge in [-0.15, -0.1) is 0 Å². The summed E-state index contributed by atoms with van der Waals surface area (Å²) >= 11 is 0. The van der Waals surface area contributed by atoms with Crippen LogP contribution in [0.3, 0.4) is 0 Å². The highest BCUT2D eigenvalue weighted by Gasteiger charge is 2.21. The summed E-state index contributed by atoms with van der Waals surface area (Å²) in [5.74, 6) is 0.840. The highest BCUT2D eigenvalue weighted by atomic mass is 16.5. The monoisotopic (exact) mass is 472 g/mol. The van der Waals surface area contributed by atoms with E-state index in [0.29, 0.717) is 37.7 Å². The molecule has 182 valence electrons. The van der Waals surface area contributed by atoms with E-state index in [0.717, 1.165) is 47.0 Å². The second-order valence-corrected chi connectivity index (χ2v) is 8.18. The third kappa shape index (κ3) is 5.75. The minimum atomic E-state index is 0.431. The summed E-state index contributed by atoms with van der Waals surface area (Å²) < 4.78 is 7.65. The number of allylic oxidation sites excluding steroid dienone is 2. The summed E-state index contributed by atoms with van der Waals surface area (Å²) in [7, 11) is 0. The summed E-state index contributed by atoms with van der Waals surface area (Å²) in [6, 6.07) is 10.0. The third-order valence-electron chi connectivity index (χ3n) is 5.74. The van der Waals surface area contributed by atoms with E-state index in [1.807, 2.05) is 37.3 Å². The van der Waals surface area contributed by atoms with Crippen LogP contribution in [-0.4, -0.2) is 53.3 Å². The third-order valence-corrected chi connectivity index (χ3v) is 5.74. The molecule has 1 aliphatic rings. The number of nitrogens with two attached hydrogens (primary N) is 2. The minimum Gasteiger partial charge on any atom is -0.405 e. The molecule has 1 saturated heterocycles. The van der Waals surface area contributed by atoms with E-state index in [1.165, 1.54) is 6.20 Å². The van der Waals surface area contributed by atoms with Gasteiger partial charge in [0.25, 0.3) is 0 Å². The summed E-state index contributed by atoms with van der Waals surface area (Å²) in [6.07, 6.45) is 8.32. The molecule has 0 radical (unpaired) electrons.